The molecule has 1 aliphatic carbocycles. The fourth-order valence-electron chi connectivity index (χ4n) is 2.65. The SMILES string of the molecule is CNC1CCC(N(C)C(=O)c2csc([N+](=O)[O-])c2)CC1. The van der Waals surface area contributed by atoms with Crippen LogP contribution < -0.4 is 5.32 Å². The Kier molecular flexibility index (Phi) is 4.72. The van der Waals surface area contributed by atoms with Crippen molar-refractivity contribution in [2.45, 2.75) is 37.8 Å². The van der Waals surface area contributed by atoms with Crippen molar-refractivity contribution in [3.63, 3.8) is 0 Å². The van der Waals surface area contributed by atoms with Crippen LogP contribution in [-0.4, -0.2) is 41.9 Å². The predicted octanol–water partition coefficient (Wildman–Crippen LogP) is 2.26. The summed E-state index contributed by atoms with van der Waals surface area (Å²) in [4.78, 5) is 24.3. The fourth-order valence-corrected chi connectivity index (χ4v) is 3.35. The zero-order chi connectivity index (χ0) is 14.7. The van der Waals surface area contributed by atoms with Gasteiger partial charge in [0.05, 0.1) is 10.5 Å². The third kappa shape index (κ3) is 3.16. The van der Waals surface area contributed by atoms with E-state index >= 15 is 0 Å². The number of nitrogens with one attached hydrogen (secondary N) is 1. The van der Waals surface area contributed by atoms with Crippen LogP contribution in [0, 0.1) is 10.1 Å². The zero-order valence-corrected chi connectivity index (χ0v) is 12.5. The van der Waals surface area contributed by atoms with Gasteiger partial charge in [-0.25, -0.2) is 0 Å². The molecular formula is C13H19N3O3S. The molecule has 7 heteroatoms. The lowest BCUT2D eigenvalue weighted by Crippen LogP contribution is -2.42. The van der Waals surface area contributed by atoms with Gasteiger partial charge in [0, 0.05) is 30.6 Å². The molecular weight excluding hydrogens is 278 g/mol. The van der Waals surface area contributed by atoms with E-state index < -0.39 is 4.92 Å². The zero-order valence-electron chi connectivity index (χ0n) is 11.7. The van der Waals surface area contributed by atoms with E-state index in [9.17, 15) is 14.9 Å². The molecule has 0 radical (unpaired) electrons. The first-order valence-electron chi connectivity index (χ1n) is 6.70. The van der Waals surface area contributed by atoms with Gasteiger partial charge in [0.2, 0.25) is 0 Å². The molecule has 20 heavy (non-hydrogen) atoms. The normalized spacial score (nSPS) is 22.5. The second kappa shape index (κ2) is 6.32. The highest BCUT2D eigenvalue weighted by Gasteiger charge is 2.27. The fraction of sp³-hybridized carbons (Fsp3) is 0.615. The molecule has 110 valence electrons. The molecule has 1 amide bonds. The Morgan fingerprint density at radius 1 is 1.45 bits per heavy atom. The van der Waals surface area contributed by atoms with Gasteiger partial charge in [-0.15, -0.1) is 0 Å². The molecule has 1 aromatic rings. The number of nitrogens with zero attached hydrogens (tertiary/aromatic N) is 2. The summed E-state index contributed by atoms with van der Waals surface area (Å²) in [5, 5.41) is 15.5. The van der Waals surface area contributed by atoms with Gasteiger partial charge in [0.25, 0.3) is 5.91 Å². The topological polar surface area (TPSA) is 75.5 Å². The molecule has 1 aliphatic rings. The number of hydrogen-bond donors (Lipinski definition) is 1. The lowest BCUT2D eigenvalue weighted by atomic mass is 9.90. The summed E-state index contributed by atoms with van der Waals surface area (Å²) in [7, 11) is 3.75. The van der Waals surface area contributed by atoms with Crippen molar-refractivity contribution in [2.75, 3.05) is 14.1 Å². The van der Waals surface area contributed by atoms with Gasteiger partial charge in [0.15, 0.2) is 0 Å². The number of nitro groups is 1. The quantitative estimate of drug-likeness (QED) is 0.683. The van der Waals surface area contributed by atoms with Crippen molar-refractivity contribution >= 4 is 22.2 Å². The van der Waals surface area contributed by atoms with Gasteiger partial charge in [-0.05, 0) is 32.7 Å². The average Bonchev–Trinajstić information content (AvgIpc) is 2.96. The smallest absolute Gasteiger partial charge is 0.324 e. The number of hydrogen-bond acceptors (Lipinski definition) is 5. The molecule has 1 aromatic heterocycles. The molecule has 1 fully saturated rings. The van der Waals surface area contributed by atoms with Crippen molar-refractivity contribution in [1.29, 1.82) is 0 Å². The molecule has 1 saturated carbocycles. The van der Waals surface area contributed by atoms with Crippen LogP contribution >= 0.6 is 11.3 Å². The maximum Gasteiger partial charge on any atom is 0.324 e. The Bertz CT molecular complexity index is 495. The highest BCUT2D eigenvalue weighted by Crippen LogP contribution is 2.27. The Balaban J connectivity index is 1.99. The summed E-state index contributed by atoms with van der Waals surface area (Å²) in [6.45, 7) is 0. The van der Waals surface area contributed by atoms with E-state index in [-0.39, 0.29) is 17.0 Å². The molecule has 2 rings (SSSR count). The first-order chi connectivity index (χ1) is 9.52. The van der Waals surface area contributed by atoms with E-state index in [1.54, 1.807) is 17.3 Å². The molecule has 1 N–H and O–H groups in total. The molecule has 0 atom stereocenters. The second-order valence-corrected chi connectivity index (χ2v) is 6.03. The molecule has 0 spiro atoms. The van der Waals surface area contributed by atoms with Gasteiger partial charge in [-0.3, -0.25) is 14.9 Å². The molecule has 0 bridgehead atoms. The van der Waals surface area contributed by atoms with Crippen molar-refractivity contribution in [3.05, 3.63) is 27.1 Å². The molecule has 6 nitrogen and oxygen atoms in total. The summed E-state index contributed by atoms with van der Waals surface area (Å²) in [6.07, 6.45) is 4.06. The Hall–Kier alpha value is -1.47. The van der Waals surface area contributed by atoms with Gasteiger partial charge in [0.1, 0.15) is 0 Å². The van der Waals surface area contributed by atoms with Crippen molar-refractivity contribution < 1.29 is 9.72 Å². The monoisotopic (exact) mass is 297 g/mol. The van der Waals surface area contributed by atoms with E-state index in [0.29, 0.717) is 11.6 Å². The minimum atomic E-state index is -0.459. The summed E-state index contributed by atoms with van der Waals surface area (Å²) in [5.41, 5.74) is 0.417. The van der Waals surface area contributed by atoms with E-state index in [1.165, 1.54) is 6.07 Å². The largest absolute Gasteiger partial charge is 0.339 e. The molecule has 0 aromatic carbocycles. The van der Waals surface area contributed by atoms with Gasteiger partial charge >= 0.3 is 5.00 Å². The van der Waals surface area contributed by atoms with Gasteiger partial charge < -0.3 is 10.2 Å². The minimum Gasteiger partial charge on any atom is -0.339 e. The van der Waals surface area contributed by atoms with Crippen molar-refractivity contribution in [3.8, 4) is 0 Å². The molecule has 0 unspecified atom stereocenters. The summed E-state index contributed by atoms with van der Waals surface area (Å²) in [5.74, 6) is -0.123. The van der Waals surface area contributed by atoms with E-state index in [4.69, 9.17) is 0 Å². The minimum absolute atomic E-state index is 0.0145. The van der Waals surface area contributed by atoms with Crippen LogP contribution in [-0.2, 0) is 0 Å². The number of carbonyl (C=O) groups excluding carboxylic acids is 1. The maximum absolute atomic E-state index is 12.3. The van der Waals surface area contributed by atoms with E-state index in [0.717, 1.165) is 37.0 Å². The van der Waals surface area contributed by atoms with Crippen LogP contribution in [0.1, 0.15) is 36.0 Å². The van der Waals surface area contributed by atoms with E-state index in [2.05, 4.69) is 5.32 Å². The lowest BCUT2D eigenvalue weighted by Gasteiger charge is -2.34. The Morgan fingerprint density at radius 3 is 2.60 bits per heavy atom. The van der Waals surface area contributed by atoms with Crippen LogP contribution in [0.2, 0.25) is 0 Å². The van der Waals surface area contributed by atoms with Crippen LogP contribution in [0.25, 0.3) is 0 Å². The van der Waals surface area contributed by atoms with E-state index in [1.807, 2.05) is 7.05 Å². The third-order valence-electron chi connectivity index (χ3n) is 3.99. The second-order valence-electron chi connectivity index (χ2n) is 5.14. The summed E-state index contributed by atoms with van der Waals surface area (Å²) in [6, 6.07) is 2.13. The highest BCUT2D eigenvalue weighted by molar-refractivity contribution is 7.13. The summed E-state index contributed by atoms with van der Waals surface area (Å²) >= 11 is 0.997. The van der Waals surface area contributed by atoms with Crippen LogP contribution in [0.3, 0.4) is 0 Å². The molecule has 0 saturated heterocycles. The third-order valence-corrected chi connectivity index (χ3v) is 4.87. The molecule has 0 aliphatic heterocycles. The van der Waals surface area contributed by atoms with Crippen LogP contribution in [0.4, 0.5) is 5.00 Å². The van der Waals surface area contributed by atoms with Gasteiger partial charge in [-0.1, -0.05) is 11.3 Å². The highest BCUT2D eigenvalue weighted by atomic mass is 32.1. The standard InChI is InChI=1S/C13H19N3O3S/c1-14-10-3-5-11(6-4-10)15(2)13(17)9-7-12(16(18)19)20-8-9/h7-8,10-11,14H,3-6H2,1-2H3. The van der Waals surface area contributed by atoms with Crippen LogP contribution in [0.15, 0.2) is 11.4 Å². The molecule has 1 heterocycles. The maximum atomic E-state index is 12.3. The summed E-state index contributed by atoms with van der Waals surface area (Å²) < 4.78 is 0. The van der Waals surface area contributed by atoms with Gasteiger partial charge in [-0.2, -0.15) is 0 Å². The average molecular weight is 297 g/mol. The first kappa shape index (κ1) is 14.9. The Labute approximate surface area is 121 Å². The number of carbonyl (C=O) groups is 1. The van der Waals surface area contributed by atoms with Crippen LogP contribution in [0.5, 0.6) is 0 Å². The van der Waals surface area contributed by atoms with Crippen molar-refractivity contribution in [1.82, 2.24) is 10.2 Å². The van der Waals surface area contributed by atoms with Crippen molar-refractivity contribution in [2.24, 2.45) is 0 Å². The number of thiophene rings is 1. The number of amides is 1. The first-order valence-corrected chi connectivity index (χ1v) is 7.58. The predicted molar refractivity (Wildman–Crippen MR) is 78.2 cm³/mol. The number of rotatable bonds is 4. The lowest BCUT2D eigenvalue weighted by molar-refractivity contribution is -0.380. The Morgan fingerprint density at radius 2 is 2.10 bits per heavy atom.